The van der Waals surface area contributed by atoms with E-state index in [1.807, 2.05) is 0 Å². The van der Waals surface area contributed by atoms with E-state index in [1.54, 1.807) is 18.2 Å². The topological polar surface area (TPSA) is 86.6 Å². The van der Waals surface area contributed by atoms with Gasteiger partial charge in [-0.3, -0.25) is 4.79 Å². The van der Waals surface area contributed by atoms with Crippen LogP contribution in [0.1, 0.15) is 12.5 Å². The van der Waals surface area contributed by atoms with Crippen LogP contribution in [-0.2, 0) is 9.59 Å². The van der Waals surface area contributed by atoms with Crippen molar-refractivity contribution < 1.29 is 19.8 Å². The predicted octanol–water partition coefficient (Wildman–Crippen LogP) is 1.96. The Morgan fingerprint density at radius 3 is 2.65 bits per heavy atom. The fourth-order valence-electron chi connectivity index (χ4n) is 1.20. The highest BCUT2D eigenvalue weighted by atomic mass is 35.5. The Kier molecular flexibility index (Phi) is 5.56. The molecular weight excluding hydrogens is 305 g/mol. The maximum Gasteiger partial charge on any atom is 0.337 e. The van der Waals surface area contributed by atoms with E-state index in [0.717, 1.165) is 6.92 Å². The molecule has 1 atom stereocenters. The van der Waals surface area contributed by atoms with Crippen LogP contribution >= 0.6 is 23.2 Å². The van der Waals surface area contributed by atoms with Gasteiger partial charge >= 0.3 is 5.97 Å². The third kappa shape index (κ3) is 4.85. The maximum atomic E-state index is 11.5. The molecular formula is C13H13Cl2NO4. The molecule has 1 aromatic carbocycles. The zero-order chi connectivity index (χ0) is 15.3. The fraction of sp³-hybridized carbons (Fsp3) is 0.231. The Hall–Kier alpha value is -1.56. The van der Waals surface area contributed by atoms with E-state index in [0.29, 0.717) is 15.6 Å². The summed E-state index contributed by atoms with van der Waals surface area (Å²) in [6.45, 7) is 0.682. The molecule has 0 aromatic heterocycles. The summed E-state index contributed by atoms with van der Waals surface area (Å²) in [4.78, 5) is 22.1. The highest BCUT2D eigenvalue weighted by Crippen LogP contribution is 2.21. The van der Waals surface area contributed by atoms with E-state index in [-0.39, 0.29) is 0 Å². The Bertz CT molecular complexity index is 555. The van der Waals surface area contributed by atoms with Gasteiger partial charge in [-0.2, -0.15) is 0 Å². The van der Waals surface area contributed by atoms with Crippen LogP contribution in [0.15, 0.2) is 24.3 Å². The largest absolute Gasteiger partial charge is 0.479 e. The molecule has 1 amide bonds. The number of carboxylic acid groups (broad SMARTS) is 1. The molecule has 1 aromatic rings. The Morgan fingerprint density at radius 2 is 2.05 bits per heavy atom. The van der Waals surface area contributed by atoms with Crippen molar-refractivity contribution >= 4 is 41.2 Å². The van der Waals surface area contributed by atoms with Crippen molar-refractivity contribution in [2.45, 2.75) is 12.5 Å². The van der Waals surface area contributed by atoms with Gasteiger partial charge in [0.05, 0.1) is 6.54 Å². The van der Waals surface area contributed by atoms with Crippen molar-refractivity contribution in [2.75, 3.05) is 6.54 Å². The number of nitrogens with one attached hydrogen (secondary N) is 1. The van der Waals surface area contributed by atoms with Crippen molar-refractivity contribution in [1.29, 1.82) is 0 Å². The number of amides is 1. The highest BCUT2D eigenvalue weighted by Gasteiger charge is 2.29. The number of hydrogen-bond acceptors (Lipinski definition) is 3. The quantitative estimate of drug-likeness (QED) is 0.724. The van der Waals surface area contributed by atoms with Gasteiger partial charge in [0.15, 0.2) is 5.60 Å². The van der Waals surface area contributed by atoms with Crippen LogP contribution in [0.25, 0.3) is 6.08 Å². The molecule has 0 radical (unpaired) electrons. The van der Waals surface area contributed by atoms with E-state index in [1.165, 1.54) is 12.2 Å². The number of carbonyl (C=O) groups excluding carboxylic acids is 1. The molecule has 108 valence electrons. The van der Waals surface area contributed by atoms with Gasteiger partial charge < -0.3 is 15.5 Å². The number of aliphatic hydroxyl groups is 1. The van der Waals surface area contributed by atoms with Gasteiger partial charge in [0.2, 0.25) is 5.91 Å². The van der Waals surface area contributed by atoms with Gasteiger partial charge in [0, 0.05) is 16.1 Å². The second-order valence-corrected chi connectivity index (χ2v) is 5.14. The third-order valence-electron chi connectivity index (χ3n) is 2.44. The molecule has 0 bridgehead atoms. The second kappa shape index (κ2) is 6.74. The first kappa shape index (κ1) is 16.5. The number of benzene rings is 1. The van der Waals surface area contributed by atoms with E-state index in [9.17, 15) is 14.7 Å². The zero-order valence-electron chi connectivity index (χ0n) is 10.6. The molecule has 0 spiro atoms. The number of carboxylic acids is 1. The van der Waals surface area contributed by atoms with Gasteiger partial charge in [-0.05, 0) is 36.8 Å². The first-order chi connectivity index (χ1) is 9.22. The number of carbonyl (C=O) groups is 2. The Balaban J connectivity index is 2.65. The fourth-order valence-corrected chi connectivity index (χ4v) is 1.56. The molecule has 0 heterocycles. The summed E-state index contributed by atoms with van der Waals surface area (Å²) in [5.74, 6) is -1.97. The van der Waals surface area contributed by atoms with Crippen molar-refractivity contribution in [3.63, 3.8) is 0 Å². The lowest BCUT2D eigenvalue weighted by Gasteiger charge is -2.17. The van der Waals surface area contributed by atoms with Crippen LogP contribution in [-0.4, -0.2) is 34.2 Å². The molecule has 20 heavy (non-hydrogen) atoms. The van der Waals surface area contributed by atoms with E-state index in [4.69, 9.17) is 28.3 Å². The Labute approximate surface area is 125 Å². The average molecular weight is 318 g/mol. The molecule has 3 N–H and O–H groups in total. The molecule has 1 rings (SSSR count). The molecule has 0 fully saturated rings. The minimum absolute atomic E-state index is 0.408. The minimum atomic E-state index is -2.02. The second-order valence-electron chi connectivity index (χ2n) is 4.30. The molecule has 0 saturated carbocycles. The number of hydrogen-bond donors (Lipinski definition) is 3. The lowest BCUT2D eigenvalue weighted by Crippen LogP contribution is -2.46. The van der Waals surface area contributed by atoms with Crippen LogP contribution in [0.3, 0.4) is 0 Å². The number of aliphatic carboxylic acids is 1. The minimum Gasteiger partial charge on any atom is -0.479 e. The summed E-state index contributed by atoms with van der Waals surface area (Å²) >= 11 is 11.7. The lowest BCUT2D eigenvalue weighted by molar-refractivity contribution is -0.156. The van der Waals surface area contributed by atoms with Gasteiger partial charge in [-0.1, -0.05) is 23.2 Å². The SMILES string of the molecule is CC(O)(CNC(=O)C=Cc1cc(Cl)ccc1Cl)C(=O)O. The predicted molar refractivity (Wildman–Crippen MR) is 76.8 cm³/mol. The van der Waals surface area contributed by atoms with Crippen molar-refractivity contribution in [3.05, 3.63) is 39.9 Å². The standard InChI is InChI=1S/C13H13Cl2NO4/c1-13(20,12(18)19)7-16-11(17)5-2-8-6-9(14)3-4-10(8)15/h2-6,20H,7H2,1H3,(H,16,17)(H,18,19). The van der Waals surface area contributed by atoms with Gasteiger partial charge in [-0.25, -0.2) is 4.79 Å². The monoisotopic (exact) mass is 317 g/mol. The molecule has 0 aliphatic carbocycles. The normalized spacial score (nSPS) is 14.0. The van der Waals surface area contributed by atoms with Gasteiger partial charge in [-0.15, -0.1) is 0 Å². The van der Waals surface area contributed by atoms with Gasteiger partial charge in [0.1, 0.15) is 0 Å². The van der Waals surface area contributed by atoms with Crippen molar-refractivity contribution in [2.24, 2.45) is 0 Å². The van der Waals surface area contributed by atoms with Gasteiger partial charge in [0.25, 0.3) is 0 Å². The molecule has 1 unspecified atom stereocenters. The van der Waals surface area contributed by atoms with Crippen LogP contribution in [0.4, 0.5) is 0 Å². The third-order valence-corrected chi connectivity index (χ3v) is 3.02. The molecule has 0 aliphatic rings. The number of halogens is 2. The van der Waals surface area contributed by atoms with Crippen LogP contribution in [0.2, 0.25) is 10.0 Å². The smallest absolute Gasteiger partial charge is 0.337 e. The summed E-state index contributed by atoms with van der Waals surface area (Å²) in [7, 11) is 0. The Morgan fingerprint density at radius 1 is 1.40 bits per heavy atom. The molecule has 7 heteroatoms. The first-order valence-corrected chi connectivity index (χ1v) is 6.35. The van der Waals surface area contributed by atoms with E-state index >= 15 is 0 Å². The maximum absolute atomic E-state index is 11.5. The average Bonchev–Trinajstić information content (AvgIpc) is 2.37. The molecule has 0 aliphatic heterocycles. The highest BCUT2D eigenvalue weighted by molar-refractivity contribution is 6.34. The van der Waals surface area contributed by atoms with Crippen LogP contribution in [0, 0.1) is 0 Å². The molecule has 0 saturated heterocycles. The van der Waals surface area contributed by atoms with E-state index < -0.39 is 24.0 Å². The number of rotatable bonds is 5. The van der Waals surface area contributed by atoms with E-state index in [2.05, 4.69) is 5.32 Å². The molecule has 5 nitrogen and oxygen atoms in total. The van der Waals surface area contributed by atoms with Crippen molar-refractivity contribution in [3.8, 4) is 0 Å². The summed E-state index contributed by atoms with van der Waals surface area (Å²) < 4.78 is 0. The first-order valence-electron chi connectivity index (χ1n) is 5.59. The summed E-state index contributed by atoms with van der Waals surface area (Å²) in [6.07, 6.45) is 2.62. The van der Waals surface area contributed by atoms with Crippen LogP contribution < -0.4 is 5.32 Å². The summed E-state index contributed by atoms with van der Waals surface area (Å²) in [5, 5.41) is 21.3. The zero-order valence-corrected chi connectivity index (χ0v) is 12.1. The lowest BCUT2D eigenvalue weighted by atomic mass is 10.1. The summed E-state index contributed by atoms with van der Waals surface area (Å²) in [5.41, 5.74) is -1.46. The van der Waals surface area contributed by atoms with Crippen molar-refractivity contribution in [1.82, 2.24) is 5.32 Å². The van der Waals surface area contributed by atoms with Crippen LogP contribution in [0.5, 0.6) is 0 Å². The summed E-state index contributed by atoms with van der Waals surface area (Å²) in [6, 6.07) is 4.79.